The van der Waals surface area contributed by atoms with Crippen LogP contribution in [0.5, 0.6) is 0 Å². The first-order valence-electron chi connectivity index (χ1n) is 9.13. The predicted octanol–water partition coefficient (Wildman–Crippen LogP) is 3.83. The van der Waals surface area contributed by atoms with Crippen molar-refractivity contribution in [1.82, 2.24) is 14.8 Å². The molecule has 0 radical (unpaired) electrons. The maximum Gasteiger partial charge on any atom is 0.255 e. The van der Waals surface area contributed by atoms with Gasteiger partial charge in [-0.1, -0.05) is 19.4 Å². The van der Waals surface area contributed by atoms with Gasteiger partial charge in [0.05, 0.1) is 5.56 Å². The smallest absolute Gasteiger partial charge is 0.255 e. The quantitative estimate of drug-likeness (QED) is 0.788. The second-order valence-electron chi connectivity index (χ2n) is 6.88. The molecule has 0 N–H and O–H groups in total. The third kappa shape index (κ3) is 4.67. The number of thiophene rings is 1. The average Bonchev–Trinajstić information content (AvgIpc) is 3.10. The molecule has 1 saturated heterocycles. The van der Waals surface area contributed by atoms with Crippen molar-refractivity contribution in [3.05, 3.63) is 52.0 Å². The minimum Gasteiger partial charge on any atom is -0.331 e. The number of piperidine rings is 1. The predicted molar refractivity (Wildman–Crippen MR) is 103 cm³/mol. The summed E-state index contributed by atoms with van der Waals surface area (Å²) in [6.45, 7) is 4.91. The molecule has 1 aliphatic heterocycles. The summed E-state index contributed by atoms with van der Waals surface area (Å²) in [7, 11) is 2.15. The van der Waals surface area contributed by atoms with Gasteiger partial charge in [-0.25, -0.2) is 0 Å². The largest absolute Gasteiger partial charge is 0.331 e. The van der Waals surface area contributed by atoms with Gasteiger partial charge in [0, 0.05) is 35.2 Å². The summed E-state index contributed by atoms with van der Waals surface area (Å²) >= 11 is 1.71. The van der Waals surface area contributed by atoms with Crippen LogP contribution in [0, 0.1) is 0 Å². The number of hydrogen-bond donors (Lipinski definition) is 0. The Hall–Kier alpha value is -1.72. The Morgan fingerprint density at radius 1 is 1.40 bits per heavy atom. The summed E-state index contributed by atoms with van der Waals surface area (Å²) in [6.07, 6.45) is 7.88. The number of aryl methyl sites for hydroxylation is 1. The number of carbonyl (C=O) groups is 1. The number of hydrogen-bond acceptors (Lipinski definition) is 4. The van der Waals surface area contributed by atoms with E-state index in [0.29, 0.717) is 12.6 Å². The highest BCUT2D eigenvalue weighted by Crippen LogP contribution is 2.24. The third-order valence-electron chi connectivity index (χ3n) is 4.86. The number of likely N-dealkylation sites (tertiary alicyclic amines) is 1. The number of nitrogens with zero attached hydrogens (tertiary/aromatic N) is 3. The molecule has 0 aliphatic carbocycles. The highest BCUT2D eigenvalue weighted by Gasteiger charge is 2.28. The van der Waals surface area contributed by atoms with Crippen LogP contribution in [0.2, 0.25) is 0 Å². The van der Waals surface area contributed by atoms with Crippen molar-refractivity contribution in [2.24, 2.45) is 0 Å². The minimum atomic E-state index is 0.164. The zero-order valence-electron chi connectivity index (χ0n) is 15.1. The van der Waals surface area contributed by atoms with Crippen LogP contribution in [0.25, 0.3) is 0 Å². The Kier molecular flexibility index (Phi) is 6.21. The molecule has 25 heavy (non-hydrogen) atoms. The topological polar surface area (TPSA) is 36.4 Å². The highest BCUT2D eigenvalue weighted by atomic mass is 32.1. The summed E-state index contributed by atoms with van der Waals surface area (Å²) in [5.74, 6) is 0.164. The molecule has 2 aromatic rings. The lowest BCUT2D eigenvalue weighted by molar-refractivity contribution is 0.0570. The lowest BCUT2D eigenvalue weighted by atomic mass is 10.0. The number of amides is 1. The van der Waals surface area contributed by atoms with Gasteiger partial charge in [-0.15, -0.1) is 11.3 Å². The first-order chi connectivity index (χ1) is 12.2. The maximum absolute atomic E-state index is 13.2. The highest BCUT2D eigenvalue weighted by molar-refractivity contribution is 7.10. The molecule has 3 rings (SSSR count). The number of aromatic nitrogens is 1. The van der Waals surface area contributed by atoms with Crippen molar-refractivity contribution in [2.75, 3.05) is 20.1 Å². The van der Waals surface area contributed by atoms with Gasteiger partial charge in [-0.3, -0.25) is 9.78 Å². The summed E-state index contributed by atoms with van der Waals surface area (Å²) in [5, 5.41) is 2.03. The molecule has 0 unspecified atom stereocenters. The van der Waals surface area contributed by atoms with Crippen molar-refractivity contribution >= 4 is 17.2 Å². The fraction of sp³-hybridized carbons (Fsp3) is 0.500. The van der Waals surface area contributed by atoms with E-state index in [1.165, 1.54) is 4.88 Å². The molecule has 1 aliphatic rings. The normalized spacial score (nSPS) is 16.1. The van der Waals surface area contributed by atoms with Gasteiger partial charge >= 0.3 is 0 Å². The standard InChI is InChI=1S/C20H27N3OS/c1-3-5-19-12-17(15-25-19)20(24)23(14-16-6-4-9-21-13-16)18-7-10-22(2)11-8-18/h4,6,9,12-13,15,18H,3,5,7-8,10-11,14H2,1-2H3. The summed E-state index contributed by atoms with van der Waals surface area (Å²) in [5.41, 5.74) is 1.94. The molecule has 5 heteroatoms. The van der Waals surface area contributed by atoms with Gasteiger partial charge in [-0.2, -0.15) is 0 Å². The molecule has 1 fully saturated rings. The second-order valence-corrected chi connectivity index (χ2v) is 7.88. The second kappa shape index (κ2) is 8.59. The van der Waals surface area contributed by atoms with Crippen LogP contribution in [0.3, 0.4) is 0 Å². The monoisotopic (exact) mass is 357 g/mol. The van der Waals surface area contributed by atoms with Gasteiger partial charge in [0.1, 0.15) is 0 Å². The van der Waals surface area contributed by atoms with E-state index in [9.17, 15) is 4.79 Å². The van der Waals surface area contributed by atoms with E-state index in [1.54, 1.807) is 17.5 Å². The van der Waals surface area contributed by atoms with Crippen molar-refractivity contribution in [3.63, 3.8) is 0 Å². The third-order valence-corrected chi connectivity index (χ3v) is 5.86. The van der Waals surface area contributed by atoms with Gasteiger partial charge in [0.2, 0.25) is 0 Å². The molecule has 0 aromatic carbocycles. The van der Waals surface area contributed by atoms with Crippen LogP contribution in [0.4, 0.5) is 0 Å². The van der Waals surface area contributed by atoms with E-state index >= 15 is 0 Å². The molecule has 0 saturated carbocycles. The zero-order chi connectivity index (χ0) is 17.6. The zero-order valence-corrected chi connectivity index (χ0v) is 16.0. The summed E-state index contributed by atoms with van der Waals surface area (Å²) in [4.78, 5) is 23.2. The molecule has 2 aromatic heterocycles. The SMILES string of the molecule is CCCc1cc(C(=O)N(Cc2cccnc2)C2CCN(C)CC2)cs1. The van der Waals surface area contributed by atoms with Gasteiger partial charge < -0.3 is 9.80 Å². The van der Waals surface area contributed by atoms with E-state index in [4.69, 9.17) is 0 Å². The van der Waals surface area contributed by atoms with Crippen LogP contribution in [-0.4, -0.2) is 46.9 Å². The van der Waals surface area contributed by atoms with E-state index in [0.717, 1.165) is 49.9 Å². The molecule has 0 bridgehead atoms. The number of rotatable bonds is 6. The Bertz CT molecular complexity index is 677. The van der Waals surface area contributed by atoms with Crippen molar-refractivity contribution in [2.45, 2.75) is 45.2 Å². The van der Waals surface area contributed by atoms with Crippen LogP contribution >= 0.6 is 11.3 Å². The Morgan fingerprint density at radius 3 is 2.88 bits per heavy atom. The van der Waals surface area contributed by atoms with Crippen molar-refractivity contribution < 1.29 is 4.79 Å². The average molecular weight is 358 g/mol. The molecule has 0 atom stereocenters. The van der Waals surface area contributed by atoms with E-state index < -0.39 is 0 Å². The fourth-order valence-corrected chi connectivity index (χ4v) is 4.36. The Morgan fingerprint density at radius 2 is 2.20 bits per heavy atom. The Balaban J connectivity index is 1.80. The first-order valence-corrected chi connectivity index (χ1v) is 10.0. The number of pyridine rings is 1. The van der Waals surface area contributed by atoms with Gasteiger partial charge in [-0.05, 0) is 57.1 Å². The van der Waals surface area contributed by atoms with Crippen LogP contribution in [0.15, 0.2) is 36.0 Å². The Labute approximate surface area is 154 Å². The minimum absolute atomic E-state index is 0.164. The van der Waals surface area contributed by atoms with Crippen LogP contribution < -0.4 is 0 Å². The molecule has 1 amide bonds. The van der Waals surface area contributed by atoms with E-state index in [-0.39, 0.29) is 5.91 Å². The maximum atomic E-state index is 13.2. The molecular weight excluding hydrogens is 330 g/mol. The van der Waals surface area contributed by atoms with Gasteiger partial charge in [0.15, 0.2) is 0 Å². The van der Waals surface area contributed by atoms with Crippen LogP contribution in [-0.2, 0) is 13.0 Å². The lowest BCUT2D eigenvalue weighted by Crippen LogP contribution is -2.46. The van der Waals surface area contributed by atoms with E-state index in [1.807, 2.05) is 17.6 Å². The molecular formula is C20H27N3OS. The van der Waals surface area contributed by atoms with E-state index in [2.05, 4.69) is 40.9 Å². The fourth-order valence-electron chi connectivity index (χ4n) is 3.40. The van der Waals surface area contributed by atoms with Crippen molar-refractivity contribution in [3.8, 4) is 0 Å². The molecule has 0 spiro atoms. The van der Waals surface area contributed by atoms with Gasteiger partial charge in [0.25, 0.3) is 5.91 Å². The summed E-state index contributed by atoms with van der Waals surface area (Å²) in [6, 6.07) is 6.38. The van der Waals surface area contributed by atoms with Crippen LogP contribution in [0.1, 0.15) is 47.0 Å². The first kappa shape index (κ1) is 18.1. The molecule has 4 nitrogen and oxygen atoms in total. The lowest BCUT2D eigenvalue weighted by Gasteiger charge is -2.37. The molecule has 134 valence electrons. The van der Waals surface area contributed by atoms with Crippen molar-refractivity contribution in [1.29, 1.82) is 0 Å². The summed E-state index contributed by atoms with van der Waals surface area (Å²) < 4.78 is 0. The molecule has 3 heterocycles. The number of carbonyl (C=O) groups excluding carboxylic acids is 1.